The second-order valence-corrected chi connectivity index (χ2v) is 6.81. The highest BCUT2D eigenvalue weighted by atomic mass is 16.5. The summed E-state index contributed by atoms with van der Waals surface area (Å²) in [6, 6.07) is 9.59. The molecule has 0 unspecified atom stereocenters. The fourth-order valence-electron chi connectivity index (χ4n) is 3.67. The molecule has 0 N–H and O–H groups in total. The molecule has 2 aliphatic rings. The maximum absolute atomic E-state index is 13.2. The van der Waals surface area contributed by atoms with E-state index in [4.69, 9.17) is 4.74 Å². The van der Waals surface area contributed by atoms with Gasteiger partial charge in [0.15, 0.2) is 5.60 Å². The van der Waals surface area contributed by atoms with E-state index in [1.165, 1.54) is 0 Å². The van der Waals surface area contributed by atoms with Crippen LogP contribution in [0.4, 0.5) is 0 Å². The number of benzene rings is 1. The number of nitrogens with zero attached hydrogens (tertiary/aromatic N) is 3. The summed E-state index contributed by atoms with van der Waals surface area (Å²) in [6.45, 7) is 1.59. The number of rotatable bonds is 1. The van der Waals surface area contributed by atoms with Crippen molar-refractivity contribution >= 4 is 22.6 Å². The highest BCUT2D eigenvalue weighted by Crippen LogP contribution is 2.28. The van der Waals surface area contributed by atoms with Gasteiger partial charge in [0.05, 0.1) is 13.2 Å². The van der Waals surface area contributed by atoms with Crippen molar-refractivity contribution in [3.8, 4) is 0 Å². The van der Waals surface area contributed by atoms with Crippen LogP contribution in [0.1, 0.15) is 16.9 Å². The topological polar surface area (TPSA) is 62.7 Å². The molecular weight excluding hydrogens is 330 g/mol. The second kappa shape index (κ2) is 6.53. The molecule has 6 heteroatoms. The summed E-state index contributed by atoms with van der Waals surface area (Å²) in [7, 11) is 1.76. The van der Waals surface area contributed by atoms with Crippen LogP contribution in [0.15, 0.2) is 48.7 Å². The molecule has 3 heterocycles. The van der Waals surface area contributed by atoms with Crippen molar-refractivity contribution in [2.45, 2.75) is 12.0 Å². The van der Waals surface area contributed by atoms with Gasteiger partial charge in [0.25, 0.3) is 11.8 Å². The Morgan fingerprint density at radius 1 is 1.23 bits per heavy atom. The second-order valence-electron chi connectivity index (χ2n) is 6.81. The minimum Gasteiger partial charge on any atom is -0.361 e. The van der Waals surface area contributed by atoms with Crippen LogP contribution in [-0.4, -0.2) is 65.5 Å². The van der Waals surface area contributed by atoms with Gasteiger partial charge in [0.1, 0.15) is 5.69 Å². The number of hydrogen-bond acceptors (Lipinski definition) is 4. The predicted molar refractivity (Wildman–Crippen MR) is 97.7 cm³/mol. The SMILES string of the molecule is CN1CC=CC[C@]2(CN(C(=O)c3nccc4ccccc34)CCO2)C1=O. The summed E-state index contributed by atoms with van der Waals surface area (Å²) in [5.74, 6) is -0.237. The van der Waals surface area contributed by atoms with Crippen molar-refractivity contribution < 1.29 is 14.3 Å². The van der Waals surface area contributed by atoms with E-state index in [2.05, 4.69) is 4.98 Å². The largest absolute Gasteiger partial charge is 0.361 e. The van der Waals surface area contributed by atoms with Gasteiger partial charge in [-0.1, -0.05) is 36.4 Å². The minimum absolute atomic E-state index is 0.0779. The van der Waals surface area contributed by atoms with Crippen molar-refractivity contribution in [2.75, 3.05) is 33.3 Å². The molecular formula is C20H21N3O3. The fraction of sp³-hybridized carbons (Fsp3) is 0.350. The minimum atomic E-state index is -1.000. The number of pyridine rings is 1. The number of amides is 2. The number of hydrogen-bond donors (Lipinski definition) is 0. The van der Waals surface area contributed by atoms with Crippen LogP contribution < -0.4 is 0 Å². The number of morpholine rings is 1. The van der Waals surface area contributed by atoms with E-state index in [-0.39, 0.29) is 18.4 Å². The Hall–Kier alpha value is -2.73. The highest BCUT2D eigenvalue weighted by molar-refractivity contribution is 6.05. The Labute approximate surface area is 152 Å². The number of carbonyl (C=O) groups excluding carboxylic acids is 2. The average Bonchev–Trinajstić information content (AvgIpc) is 2.81. The smallest absolute Gasteiger partial charge is 0.273 e. The average molecular weight is 351 g/mol. The van der Waals surface area contributed by atoms with Gasteiger partial charge < -0.3 is 14.5 Å². The predicted octanol–water partition coefficient (Wildman–Crippen LogP) is 1.86. The lowest BCUT2D eigenvalue weighted by atomic mass is 9.95. The number of carbonyl (C=O) groups is 2. The van der Waals surface area contributed by atoms with Crippen molar-refractivity contribution in [3.63, 3.8) is 0 Å². The molecule has 0 saturated carbocycles. The Morgan fingerprint density at radius 3 is 2.96 bits per heavy atom. The molecule has 1 fully saturated rings. The Bertz CT molecular complexity index is 890. The van der Waals surface area contributed by atoms with Crippen LogP contribution in [0.2, 0.25) is 0 Å². The number of aromatic nitrogens is 1. The zero-order valence-electron chi connectivity index (χ0n) is 14.7. The third-order valence-corrected chi connectivity index (χ3v) is 5.08. The van der Waals surface area contributed by atoms with E-state index in [1.807, 2.05) is 42.5 Å². The molecule has 4 rings (SSSR count). The van der Waals surface area contributed by atoms with Gasteiger partial charge in [-0.15, -0.1) is 0 Å². The summed E-state index contributed by atoms with van der Waals surface area (Å²) in [6.07, 6.45) is 6.05. The molecule has 0 bridgehead atoms. The fourth-order valence-corrected chi connectivity index (χ4v) is 3.67. The zero-order chi connectivity index (χ0) is 18.1. The van der Waals surface area contributed by atoms with Crippen LogP contribution in [0.3, 0.4) is 0 Å². The van der Waals surface area contributed by atoms with Crippen molar-refractivity contribution in [1.29, 1.82) is 0 Å². The Morgan fingerprint density at radius 2 is 2.08 bits per heavy atom. The molecule has 2 aliphatic heterocycles. The molecule has 0 radical (unpaired) electrons. The van der Waals surface area contributed by atoms with E-state index in [0.717, 1.165) is 10.8 Å². The van der Waals surface area contributed by atoms with E-state index >= 15 is 0 Å². The summed E-state index contributed by atoms with van der Waals surface area (Å²) in [5.41, 5.74) is -0.578. The van der Waals surface area contributed by atoms with E-state index < -0.39 is 5.60 Å². The third-order valence-electron chi connectivity index (χ3n) is 5.08. The zero-order valence-corrected chi connectivity index (χ0v) is 14.7. The van der Waals surface area contributed by atoms with Crippen molar-refractivity contribution in [3.05, 3.63) is 54.4 Å². The highest BCUT2D eigenvalue weighted by Gasteiger charge is 2.46. The normalized spacial score (nSPS) is 23.5. The van der Waals surface area contributed by atoms with Crippen LogP contribution in [0, 0.1) is 0 Å². The monoisotopic (exact) mass is 351 g/mol. The molecule has 2 amide bonds. The molecule has 1 spiro atoms. The molecule has 1 aromatic heterocycles. The lowest BCUT2D eigenvalue weighted by molar-refractivity contribution is -0.165. The molecule has 1 atom stereocenters. The maximum Gasteiger partial charge on any atom is 0.273 e. The maximum atomic E-state index is 13.2. The first-order chi connectivity index (χ1) is 12.6. The molecule has 134 valence electrons. The van der Waals surface area contributed by atoms with Gasteiger partial charge in [0.2, 0.25) is 0 Å². The standard InChI is InChI=1S/C20H21N3O3/c1-22-11-5-4-9-20(19(22)25)14-23(12-13-26-20)18(24)17-16-7-3-2-6-15(16)8-10-21-17/h2-8,10H,9,11-14H2,1H3/t20-/m0/s1. The third kappa shape index (κ3) is 2.76. The Balaban J connectivity index is 1.66. The van der Waals surface area contributed by atoms with Gasteiger partial charge in [-0.05, 0) is 11.5 Å². The van der Waals surface area contributed by atoms with Gasteiger partial charge >= 0.3 is 0 Å². The van der Waals surface area contributed by atoms with Gasteiger partial charge in [-0.3, -0.25) is 14.6 Å². The van der Waals surface area contributed by atoms with Gasteiger partial charge in [0, 0.05) is 38.1 Å². The van der Waals surface area contributed by atoms with Crippen LogP contribution in [0.5, 0.6) is 0 Å². The first-order valence-corrected chi connectivity index (χ1v) is 8.78. The lowest BCUT2D eigenvalue weighted by Crippen LogP contribution is -2.60. The molecule has 0 aliphatic carbocycles. The number of fused-ring (bicyclic) bond motifs is 1. The van der Waals surface area contributed by atoms with Crippen LogP contribution in [0.25, 0.3) is 10.8 Å². The number of ether oxygens (including phenoxy) is 1. The molecule has 1 aromatic carbocycles. The Kier molecular flexibility index (Phi) is 4.20. The number of likely N-dealkylation sites (N-methyl/N-ethyl adjacent to an activating group) is 1. The van der Waals surface area contributed by atoms with Crippen LogP contribution in [-0.2, 0) is 9.53 Å². The molecule has 26 heavy (non-hydrogen) atoms. The first kappa shape index (κ1) is 16.7. The molecule has 1 saturated heterocycles. The summed E-state index contributed by atoms with van der Waals surface area (Å²) >= 11 is 0. The first-order valence-electron chi connectivity index (χ1n) is 8.78. The molecule has 6 nitrogen and oxygen atoms in total. The van der Waals surface area contributed by atoms with Crippen molar-refractivity contribution in [1.82, 2.24) is 14.8 Å². The summed E-state index contributed by atoms with van der Waals surface area (Å²) < 4.78 is 5.92. The van der Waals surface area contributed by atoms with Crippen LogP contribution >= 0.6 is 0 Å². The van der Waals surface area contributed by atoms with E-state index in [1.54, 1.807) is 23.0 Å². The quantitative estimate of drug-likeness (QED) is 0.736. The van der Waals surface area contributed by atoms with Gasteiger partial charge in [-0.2, -0.15) is 0 Å². The summed E-state index contributed by atoms with van der Waals surface area (Å²) in [4.78, 5) is 33.7. The summed E-state index contributed by atoms with van der Waals surface area (Å²) in [5, 5.41) is 1.80. The van der Waals surface area contributed by atoms with E-state index in [9.17, 15) is 9.59 Å². The molecule has 2 aromatic rings. The van der Waals surface area contributed by atoms with Crippen molar-refractivity contribution in [2.24, 2.45) is 0 Å². The van der Waals surface area contributed by atoms with E-state index in [0.29, 0.717) is 31.8 Å². The van der Waals surface area contributed by atoms with Gasteiger partial charge in [-0.25, -0.2) is 0 Å². The lowest BCUT2D eigenvalue weighted by Gasteiger charge is -2.42.